The number of aromatic nitrogens is 4. The number of likely N-dealkylation sites (N-methyl/N-ethyl adjacent to an activating group) is 1. The van der Waals surface area contributed by atoms with Gasteiger partial charge in [-0.1, -0.05) is 30.3 Å². The number of hydrogen-bond donors (Lipinski definition) is 1. The first-order chi connectivity index (χ1) is 15.5. The highest BCUT2D eigenvalue weighted by Crippen LogP contribution is 2.15. The van der Waals surface area contributed by atoms with Gasteiger partial charge in [-0.05, 0) is 36.6 Å². The van der Waals surface area contributed by atoms with Crippen LogP contribution in [0.5, 0.6) is 0 Å². The molecule has 8 nitrogen and oxygen atoms in total. The maximum atomic E-state index is 13.2. The Balaban J connectivity index is 1.48. The molecule has 0 saturated carbocycles. The molecule has 0 spiro atoms. The minimum absolute atomic E-state index is 0.114. The van der Waals surface area contributed by atoms with Crippen LogP contribution >= 0.6 is 0 Å². The van der Waals surface area contributed by atoms with Gasteiger partial charge in [-0.15, -0.1) is 0 Å². The van der Waals surface area contributed by atoms with Gasteiger partial charge in [0.25, 0.3) is 11.8 Å². The van der Waals surface area contributed by atoms with E-state index in [1.54, 1.807) is 45.4 Å². The highest BCUT2D eigenvalue weighted by molar-refractivity contribution is 5.93. The Hall–Kier alpha value is -3.94. The number of rotatable bonds is 8. The van der Waals surface area contributed by atoms with Crippen LogP contribution in [0.1, 0.15) is 33.0 Å². The van der Waals surface area contributed by atoms with Crippen molar-refractivity contribution in [3.05, 3.63) is 90.3 Å². The molecule has 4 aromatic rings. The number of imidazole rings is 1. The number of nitrogens with one attached hydrogen (secondary N) is 1. The van der Waals surface area contributed by atoms with Gasteiger partial charge in [0, 0.05) is 51.5 Å². The van der Waals surface area contributed by atoms with E-state index in [9.17, 15) is 9.59 Å². The minimum Gasteiger partial charge on any atom is -0.351 e. The summed E-state index contributed by atoms with van der Waals surface area (Å²) in [6.45, 7) is 0.450. The molecule has 0 saturated heterocycles. The Morgan fingerprint density at radius 3 is 2.62 bits per heavy atom. The Kier molecular flexibility index (Phi) is 6.30. The van der Waals surface area contributed by atoms with Gasteiger partial charge in [0.2, 0.25) is 5.78 Å². The third-order valence-corrected chi connectivity index (χ3v) is 5.58. The maximum absolute atomic E-state index is 13.2. The summed E-state index contributed by atoms with van der Waals surface area (Å²) < 4.78 is 3.51. The van der Waals surface area contributed by atoms with Gasteiger partial charge >= 0.3 is 0 Å². The highest BCUT2D eigenvalue weighted by atomic mass is 16.2. The number of carbonyl (C=O) groups excluding carboxylic acids is 2. The van der Waals surface area contributed by atoms with Crippen molar-refractivity contribution >= 4 is 17.6 Å². The fourth-order valence-electron chi connectivity index (χ4n) is 3.74. The lowest BCUT2D eigenvalue weighted by atomic mass is 10.0. The van der Waals surface area contributed by atoms with E-state index in [0.717, 1.165) is 5.56 Å². The van der Waals surface area contributed by atoms with E-state index in [1.165, 1.54) is 0 Å². The summed E-state index contributed by atoms with van der Waals surface area (Å²) in [7, 11) is 3.62. The third-order valence-electron chi connectivity index (χ3n) is 5.58. The Labute approximate surface area is 186 Å². The molecule has 32 heavy (non-hydrogen) atoms. The third kappa shape index (κ3) is 4.69. The summed E-state index contributed by atoms with van der Waals surface area (Å²) in [6, 6.07) is 15.3. The van der Waals surface area contributed by atoms with Gasteiger partial charge in [0.1, 0.15) is 11.4 Å². The molecule has 0 fully saturated rings. The zero-order valence-electron chi connectivity index (χ0n) is 18.2. The van der Waals surface area contributed by atoms with Crippen LogP contribution in [0.4, 0.5) is 0 Å². The molecule has 1 atom stereocenters. The SMILES string of the molecule is CN(C(=O)c1cn2cccnc2n1)C(CCNC(=O)c1cccn1C)Cc1ccccc1. The first kappa shape index (κ1) is 21.3. The summed E-state index contributed by atoms with van der Waals surface area (Å²) in [5.41, 5.74) is 2.07. The number of hydrogen-bond acceptors (Lipinski definition) is 4. The lowest BCUT2D eigenvalue weighted by Gasteiger charge is -2.28. The number of carbonyl (C=O) groups is 2. The highest BCUT2D eigenvalue weighted by Gasteiger charge is 2.24. The second-order valence-electron chi connectivity index (χ2n) is 7.76. The van der Waals surface area contributed by atoms with Crippen LogP contribution in [0.25, 0.3) is 5.78 Å². The molecule has 0 aliphatic rings. The van der Waals surface area contributed by atoms with Crippen LogP contribution in [0, 0.1) is 0 Å². The van der Waals surface area contributed by atoms with Gasteiger partial charge in [-0.2, -0.15) is 0 Å². The van der Waals surface area contributed by atoms with Crippen molar-refractivity contribution in [1.29, 1.82) is 0 Å². The van der Waals surface area contributed by atoms with Gasteiger partial charge in [0.05, 0.1) is 0 Å². The van der Waals surface area contributed by atoms with Crippen molar-refractivity contribution in [3.63, 3.8) is 0 Å². The average molecular weight is 431 g/mol. The summed E-state index contributed by atoms with van der Waals surface area (Å²) in [6.07, 6.45) is 8.27. The smallest absolute Gasteiger partial charge is 0.274 e. The zero-order valence-corrected chi connectivity index (χ0v) is 18.2. The summed E-state index contributed by atoms with van der Waals surface area (Å²) in [4.78, 5) is 35.9. The Bertz CT molecular complexity index is 1180. The van der Waals surface area contributed by atoms with Gasteiger partial charge in [-0.3, -0.25) is 14.0 Å². The number of benzene rings is 1. The predicted octanol–water partition coefficient (Wildman–Crippen LogP) is 2.57. The minimum atomic E-state index is -0.176. The molecule has 164 valence electrons. The normalized spacial score (nSPS) is 11.9. The van der Waals surface area contributed by atoms with E-state index in [0.29, 0.717) is 36.6 Å². The molecule has 0 aliphatic carbocycles. The van der Waals surface area contributed by atoms with Crippen LogP contribution in [0.15, 0.2) is 73.3 Å². The van der Waals surface area contributed by atoms with Crippen LogP contribution < -0.4 is 5.32 Å². The monoisotopic (exact) mass is 430 g/mol. The van der Waals surface area contributed by atoms with Crippen LogP contribution in [0.2, 0.25) is 0 Å². The van der Waals surface area contributed by atoms with Gasteiger partial charge < -0.3 is 14.8 Å². The first-order valence-electron chi connectivity index (χ1n) is 10.5. The molecule has 1 N–H and O–H groups in total. The molecular formula is C24H26N6O2. The predicted molar refractivity (Wildman–Crippen MR) is 121 cm³/mol. The van der Waals surface area contributed by atoms with Crippen molar-refractivity contribution in [2.24, 2.45) is 7.05 Å². The summed E-state index contributed by atoms with van der Waals surface area (Å²) in [5.74, 6) is 0.181. The second kappa shape index (κ2) is 9.47. The lowest BCUT2D eigenvalue weighted by molar-refractivity contribution is 0.0717. The van der Waals surface area contributed by atoms with Crippen molar-refractivity contribution < 1.29 is 9.59 Å². The number of nitrogens with zero attached hydrogens (tertiary/aromatic N) is 5. The number of amides is 2. The van der Waals surface area contributed by atoms with Gasteiger partial charge in [-0.25, -0.2) is 9.97 Å². The average Bonchev–Trinajstić information content (AvgIpc) is 3.44. The molecule has 8 heteroatoms. The quantitative estimate of drug-likeness (QED) is 0.466. The Morgan fingerprint density at radius 1 is 1.09 bits per heavy atom. The topological polar surface area (TPSA) is 84.5 Å². The molecule has 4 rings (SSSR count). The standard InChI is InChI=1S/C24H26N6O2/c1-28-14-6-10-21(28)22(31)25-13-11-19(16-18-8-4-3-5-9-18)29(2)23(32)20-17-30-15-7-12-26-24(30)27-20/h3-10,12,14-15,17,19H,11,13,16H2,1-2H3,(H,25,31). The summed E-state index contributed by atoms with van der Waals surface area (Å²) >= 11 is 0. The molecule has 1 unspecified atom stereocenters. The van der Waals surface area contributed by atoms with E-state index in [1.807, 2.05) is 55.8 Å². The van der Waals surface area contributed by atoms with E-state index >= 15 is 0 Å². The van der Waals surface area contributed by atoms with Crippen molar-refractivity contribution in [2.75, 3.05) is 13.6 Å². The molecule has 3 aromatic heterocycles. The second-order valence-corrected chi connectivity index (χ2v) is 7.76. The molecule has 1 aromatic carbocycles. The maximum Gasteiger partial charge on any atom is 0.274 e. The largest absolute Gasteiger partial charge is 0.351 e. The Morgan fingerprint density at radius 2 is 1.91 bits per heavy atom. The number of fused-ring (bicyclic) bond motifs is 1. The lowest BCUT2D eigenvalue weighted by Crippen LogP contribution is -2.41. The zero-order chi connectivity index (χ0) is 22.5. The fraction of sp³-hybridized carbons (Fsp3) is 0.250. The van der Waals surface area contributed by atoms with Gasteiger partial charge in [0.15, 0.2) is 0 Å². The van der Waals surface area contributed by atoms with Crippen LogP contribution in [-0.2, 0) is 13.5 Å². The van der Waals surface area contributed by atoms with Crippen molar-refractivity contribution in [2.45, 2.75) is 18.9 Å². The van der Waals surface area contributed by atoms with E-state index in [4.69, 9.17) is 0 Å². The molecule has 0 radical (unpaired) electrons. The molecule has 0 bridgehead atoms. The van der Waals surface area contributed by atoms with E-state index in [-0.39, 0.29) is 17.9 Å². The number of aryl methyl sites for hydroxylation is 1. The summed E-state index contributed by atoms with van der Waals surface area (Å²) in [5, 5.41) is 2.97. The van der Waals surface area contributed by atoms with E-state index in [2.05, 4.69) is 15.3 Å². The fourth-order valence-corrected chi connectivity index (χ4v) is 3.74. The first-order valence-corrected chi connectivity index (χ1v) is 10.5. The van der Waals surface area contributed by atoms with Crippen LogP contribution in [0.3, 0.4) is 0 Å². The molecule has 0 aliphatic heterocycles. The van der Waals surface area contributed by atoms with E-state index < -0.39 is 0 Å². The van der Waals surface area contributed by atoms with Crippen molar-refractivity contribution in [1.82, 2.24) is 29.2 Å². The molecular weight excluding hydrogens is 404 g/mol. The molecule has 3 heterocycles. The van der Waals surface area contributed by atoms with Crippen molar-refractivity contribution in [3.8, 4) is 0 Å². The van der Waals surface area contributed by atoms with Crippen LogP contribution in [-0.4, -0.2) is 55.3 Å². The molecule has 2 amide bonds.